The van der Waals surface area contributed by atoms with Crippen LogP contribution in [0.15, 0.2) is 22.5 Å². The van der Waals surface area contributed by atoms with Crippen LogP contribution in [-0.4, -0.2) is 51.8 Å². The smallest absolute Gasteiger partial charge is 0.241 e. The average Bonchev–Trinajstić information content (AvgIpc) is 3.05. The van der Waals surface area contributed by atoms with Gasteiger partial charge in [-0.3, -0.25) is 4.79 Å². The van der Waals surface area contributed by atoms with Crippen LogP contribution in [0.1, 0.15) is 25.6 Å². The van der Waals surface area contributed by atoms with Gasteiger partial charge in [0, 0.05) is 37.0 Å². The summed E-state index contributed by atoms with van der Waals surface area (Å²) in [6.45, 7) is 8.96. The van der Waals surface area contributed by atoms with E-state index in [2.05, 4.69) is 52.3 Å². The number of guanidine groups is 1. The fourth-order valence-electron chi connectivity index (χ4n) is 1.90. The van der Waals surface area contributed by atoms with Crippen LogP contribution in [0.25, 0.3) is 0 Å². The molecule has 0 atom stereocenters. The Balaban J connectivity index is 0.00000529. The van der Waals surface area contributed by atoms with E-state index in [1.165, 1.54) is 4.88 Å². The van der Waals surface area contributed by atoms with E-state index in [0.29, 0.717) is 19.1 Å². The molecule has 1 rings (SSSR count). The fourth-order valence-corrected chi connectivity index (χ4v) is 2.75. The Morgan fingerprint density at radius 3 is 2.67 bits per heavy atom. The van der Waals surface area contributed by atoms with Gasteiger partial charge in [-0.2, -0.15) is 0 Å². The van der Waals surface area contributed by atoms with Gasteiger partial charge in [-0.05, 0) is 18.4 Å². The fraction of sp³-hybridized carbons (Fsp3) is 0.625. The number of carbonyl (C=O) groups is 1. The van der Waals surface area contributed by atoms with Gasteiger partial charge in [0.2, 0.25) is 5.91 Å². The van der Waals surface area contributed by atoms with E-state index < -0.39 is 0 Å². The number of nitrogens with one attached hydrogen (secondary N) is 3. The van der Waals surface area contributed by atoms with Crippen LogP contribution < -0.4 is 16.0 Å². The summed E-state index contributed by atoms with van der Waals surface area (Å²) in [5, 5.41) is 11.3. The maximum Gasteiger partial charge on any atom is 0.241 e. The molecule has 0 aliphatic heterocycles. The maximum atomic E-state index is 11.7. The lowest BCUT2D eigenvalue weighted by molar-refractivity contribution is -0.119. The molecule has 24 heavy (non-hydrogen) atoms. The van der Waals surface area contributed by atoms with Crippen LogP contribution in [0.3, 0.4) is 0 Å². The topological polar surface area (TPSA) is 74.8 Å². The molecular weight excluding hydrogens is 439 g/mol. The number of ether oxygens (including phenoxy) is 1. The van der Waals surface area contributed by atoms with E-state index in [0.717, 1.165) is 13.1 Å². The molecule has 1 amide bonds. The van der Waals surface area contributed by atoms with Gasteiger partial charge in [0.15, 0.2) is 5.96 Å². The van der Waals surface area contributed by atoms with Crippen molar-refractivity contribution in [3.8, 4) is 0 Å². The first kappa shape index (κ1) is 23.1. The second-order valence-corrected chi connectivity index (χ2v) is 6.70. The minimum atomic E-state index is -0.114. The van der Waals surface area contributed by atoms with Crippen molar-refractivity contribution in [2.45, 2.75) is 26.2 Å². The SMILES string of the molecule is CCNC(=NCC(=O)NCCOC)NCC(C)(C)c1cccs1.I. The molecule has 8 heteroatoms. The Morgan fingerprint density at radius 2 is 2.08 bits per heavy atom. The minimum absolute atomic E-state index is 0. The third-order valence-electron chi connectivity index (χ3n) is 3.24. The lowest BCUT2D eigenvalue weighted by atomic mass is 9.91. The molecule has 0 aliphatic rings. The molecule has 0 spiro atoms. The first-order valence-corrected chi connectivity index (χ1v) is 8.69. The number of aliphatic imine (C=N–C) groups is 1. The number of hydrogen-bond donors (Lipinski definition) is 3. The third-order valence-corrected chi connectivity index (χ3v) is 4.48. The van der Waals surface area contributed by atoms with Crippen molar-refractivity contribution in [1.82, 2.24) is 16.0 Å². The number of hydrogen-bond acceptors (Lipinski definition) is 4. The normalized spacial score (nSPS) is 11.6. The zero-order valence-corrected chi connectivity index (χ0v) is 18.0. The molecule has 0 bridgehead atoms. The molecule has 138 valence electrons. The van der Waals surface area contributed by atoms with Crippen LogP contribution in [0.4, 0.5) is 0 Å². The van der Waals surface area contributed by atoms with Crippen molar-refractivity contribution in [3.05, 3.63) is 22.4 Å². The number of amides is 1. The molecule has 0 unspecified atom stereocenters. The molecule has 0 aromatic carbocycles. The van der Waals surface area contributed by atoms with Gasteiger partial charge in [0.05, 0.1) is 6.61 Å². The van der Waals surface area contributed by atoms with Gasteiger partial charge in [-0.1, -0.05) is 19.9 Å². The second kappa shape index (κ2) is 12.5. The van der Waals surface area contributed by atoms with E-state index in [1.807, 2.05) is 6.92 Å². The molecule has 0 radical (unpaired) electrons. The Labute approximate surface area is 165 Å². The van der Waals surface area contributed by atoms with Crippen LogP contribution in [0, 0.1) is 0 Å². The number of carbonyl (C=O) groups excluding carboxylic acids is 1. The molecule has 1 aromatic rings. The number of nitrogens with zero attached hydrogens (tertiary/aromatic N) is 1. The van der Waals surface area contributed by atoms with E-state index in [9.17, 15) is 4.79 Å². The molecule has 3 N–H and O–H groups in total. The van der Waals surface area contributed by atoms with Crippen molar-refractivity contribution in [2.24, 2.45) is 4.99 Å². The highest BCUT2D eigenvalue weighted by atomic mass is 127. The molecule has 1 heterocycles. The average molecular weight is 468 g/mol. The van der Waals surface area contributed by atoms with Gasteiger partial charge in [0.1, 0.15) is 6.54 Å². The van der Waals surface area contributed by atoms with Crippen LogP contribution in [0.5, 0.6) is 0 Å². The van der Waals surface area contributed by atoms with Gasteiger partial charge >= 0.3 is 0 Å². The van der Waals surface area contributed by atoms with Crippen LogP contribution >= 0.6 is 35.3 Å². The highest BCUT2D eigenvalue weighted by Gasteiger charge is 2.21. The molecular formula is C16H29IN4O2S. The number of thiophene rings is 1. The summed E-state index contributed by atoms with van der Waals surface area (Å²) in [5.41, 5.74) is 0.00504. The van der Waals surface area contributed by atoms with E-state index in [-0.39, 0.29) is 41.8 Å². The Morgan fingerprint density at radius 1 is 1.33 bits per heavy atom. The predicted octanol–water partition coefficient (Wildman–Crippen LogP) is 1.96. The van der Waals surface area contributed by atoms with Gasteiger partial charge in [-0.25, -0.2) is 4.99 Å². The predicted molar refractivity (Wildman–Crippen MR) is 112 cm³/mol. The van der Waals surface area contributed by atoms with E-state index in [4.69, 9.17) is 4.74 Å². The summed E-state index contributed by atoms with van der Waals surface area (Å²) in [4.78, 5) is 17.3. The van der Waals surface area contributed by atoms with E-state index in [1.54, 1.807) is 18.4 Å². The zero-order chi connectivity index (χ0) is 17.1. The van der Waals surface area contributed by atoms with Crippen molar-refractivity contribution >= 4 is 47.2 Å². The minimum Gasteiger partial charge on any atom is -0.383 e. The van der Waals surface area contributed by atoms with Crippen molar-refractivity contribution in [1.29, 1.82) is 0 Å². The highest BCUT2D eigenvalue weighted by Crippen LogP contribution is 2.26. The Kier molecular flexibility index (Phi) is 12.0. The molecule has 1 aromatic heterocycles. The van der Waals surface area contributed by atoms with Gasteiger partial charge in [0.25, 0.3) is 0 Å². The Bertz CT molecular complexity index is 492. The monoisotopic (exact) mass is 468 g/mol. The summed E-state index contributed by atoms with van der Waals surface area (Å²) in [6, 6.07) is 4.20. The number of methoxy groups -OCH3 is 1. The molecule has 0 saturated carbocycles. The lowest BCUT2D eigenvalue weighted by Gasteiger charge is -2.25. The number of rotatable bonds is 9. The standard InChI is InChI=1S/C16H28N4O2S.HI/c1-5-17-15(19-11-14(21)18-8-9-22-4)20-12-16(2,3)13-7-6-10-23-13;/h6-7,10H,5,8-9,11-12H2,1-4H3,(H,18,21)(H2,17,19,20);1H. The van der Waals surface area contributed by atoms with Gasteiger partial charge in [-0.15, -0.1) is 35.3 Å². The Hall–Kier alpha value is -0.870. The summed E-state index contributed by atoms with van der Waals surface area (Å²) in [6.07, 6.45) is 0. The first-order valence-electron chi connectivity index (χ1n) is 7.81. The van der Waals surface area contributed by atoms with Crippen LogP contribution in [-0.2, 0) is 14.9 Å². The van der Waals surface area contributed by atoms with Gasteiger partial charge < -0.3 is 20.7 Å². The van der Waals surface area contributed by atoms with Crippen molar-refractivity contribution < 1.29 is 9.53 Å². The maximum absolute atomic E-state index is 11.7. The second-order valence-electron chi connectivity index (χ2n) is 5.75. The van der Waals surface area contributed by atoms with Crippen molar-refractivity contribution in [2.75, 3.05) is 39.9 Å². The summed E-state index contributed by atoms with van der Waals surface area (Å²) in [5.74, 6) is 0.538. The molecule has 6 nitrogen and oxygen atoms in total. The van der Waals surface area contributed by atoms with E-state index >= 15 is 0 Å². The first-order chi connectivity index (χ1) is 11.0. The van der Waals surface area contributed by atoms with Crippen LogP contribution in [0.2, 0.25) is 0 Å². The largest absolute Gasteiger partial charge is 0.383 e. The third kappa shape index (κ3) is 8.84. The highest BCUT2D eigenvalue weighted by molar-refractivity contribution is 14.0. The summed E-state index contributed by atoms with van der Waals surface area (Å²) in [7, 11) is 1.60. The number of halogens is 1. The summed E-state index contributed by atoms with van der Waals surface area (Å²) < 4.78 is 4.89. The summed E-state index contributed by atoms with van der Waals surface area (Å²) >= 11 is 1.75. The lowest BCUT2D eigenvalue weighted by Crippen LogP contribution is -2.43. The molecule has 0 aliphatic carbocycles. The van der Waals surface area contributed by atoms with Crippen molar-refractivity contribution in [3.63, 3.8) is 0 Å². The molecule has 0 fully saturated rings. The quantitative estimate of drug-likeness (QED) is 0.224. The molecule has 0 saturated heterocycles. The zero-order valence-electron chi connectivity index (χ0n) is 14.8.